The summed E-state index contributed by atoms with van der Waals surface area (Å²) < 4.78 is 13.8. The quantitative estimate of drug-likeness (QED) is 0.131. The summed E-state index contributed by atoms with van der Waals surface area (Å²) in [7, 11) is 0. The van der Waals surface area contributed by atoms with Gasteiger partial charge in [0.05, 0.1) is 11.8 Å². The van der Waals surface area contributed by atoms with Gasteiger partial charge in [0, 0.05) is 33.9 Å². The molecule has 3 atom stereocenters. The van der Waals surface area contributed by atoms with E-state index in [-0.39, 0.29) is 23.4 Å². The Labute approximate surface area is 263 Å². The minimum absolute atomic E-state index is 0.0484. The average molecular weight is 627 g/mol. The molecule has 220 valence electrons. The topological polar surface area (TPSA) is 74.8 Å². The Morgan fingerprint density at radius 3 is 1.64 bits per heavy atom. The van der Waals surface area contributed by atoms with E-state index < -0.39 is 59.0 Å². The van der Waals surface area contributed by atoms with Crippen molar-refractivity contribution in [2.75, 3.05) is 5.88 Å². The van der Waals surface area contributed by atoms with Gasteiger partial charge >= 0.3 is 0 Å². The van der Waals surface area contributed by atoms with E-state index in [0.717, 1.165) is 44.4 Å². The van der Waals surface area contributed by atoms with Crippen molar-refractivity contribution in [2.24, 2.45) is 11.8 Å². The molecule has 0 N–H and O–H groups in total. The van der Waals surface area contributed by atoms with Crippen LogP contribution in [0, 0.1) is 17.7 Å². The predicted octanol–water partition coefficient (Wildman–Crippen LogP) is 6.61. The lowest BCUT2D eigenvalue weighted by Gasteiger charge is -2.45. The Hall–Kier alpha value is -4.33. The Kier molecular flexibility index (Phi) is 7.10. The second-order valence-corrected chi connectivity index (χ2v) is 12.1. The van der Waals surface area contributed by atoms with Gasteiger partial charge in [-0.05, 0) is 77.2 Å². The van der Waals surface area contributed by atoms with Crippen molar-refractivity contribution in [3.05, 3.63) is 141 Å². The second-order valence-electron chi connectivity index (χ2n) is 11.3. The number of amides is 3. The summed E-state index contributed by atoms with van der Waals surface area (Å²) in [5.41, 5.74) is 4.18. The zero-order valence-electron chi connectivity index (χ0n) is 23.2. The first-order valence-corrected chi connectivity index (χ1v) is 15.2. The van der Waals surface area contributed by atoms with Crippen molar-refractivity contribution in [3.8, 4) is 0 Å². The molecule has 3 amide bonds. The number of halogens is 3. The first-order chi connectivity index (χ1) is 21.3. The van der Waals surface area contributed by atoms with Crippen LogP contribution in [0.5, 0.6) is 0 Å². The fourth-order valence-corrected chi connectivity index (χ4v) is 7.58. The predicted molar refractivity (Wildman–Crippen MR) is 163 cm³/mol. The number of hydrogen-bond donors (Lipinski definition) is 0. The van der Waals surface area contributed by atoms with Crippen LogP contribution in [-0.4, -0.2) is 45.4 Å². The van der Waals surface area contributed by atoms with Gasteiger partial charge in [-0.25, -0.2) is 9.40 Å². The summed E-state index contributed by atoms with van der Waals surface area (Å²) in [6.07, 6.45) is -0.0587. The van der Waals surface area contributed by atoms with Gasteiger partial charge < -0.3 is 0 Å². The molecular formula is C35H25Cl2FN2O4. The van der Waals surface area contributed by atoms with Crippen LogP contribution in [0.2, 0.25) is 5.02 Å². The molecule has 1 fully saturated rings. The third kappa shape index (κ3) is 4.29. The normalized spacial score (nSPS) is 21.8. The number of alkyl halides is 1. The number of imide groups is 1. The summed E-state index contributed by atoms with van der Waals surface area (Å²) >= 11 is 12.3. The minimum atomic E-state index is -1.32. The highest BCUT2D eigenvalue weighted by molar-refractivity contribution is 6.30. The number of nitrogens with zero attached hydrogens (tertiary/aromatic N) is 2. The van der Waals surface area contributed by atoms with Crippen LogP contribution in [0.4, 0.5) is 4.39 Å². The van der Waals surface area contributed by atoms with Gasteiger partial charge in [0.2, 0.25) is 0 Å². The van der Waals surface area contributed by atoms with E-state index in [2.05, 4.69) is 0 Å². The second kappa shape index (κ2) is 11.0. The van der Waals surface area contributed by atoms with Crippen LogP contribution < -0.4 is 0 Å². The molecule has 1 heterocycles. The number of hydrogen-bond acceptors (Lipinski definition) is 4. The van der Waals surface area contributed by atoms with Crippen LogP contribution >= 0.6 is 23.2 Å². The maximum Gasteiger partial charge on any atom is 0.273 e. The number of carbonyl (C=O) groups is 4. The standard InChI is InChI=1S/C35H25Cl2FN2O4/c36-18-17-27(32(41)19-11-15-22(38)16-12-19)39(33(42)20-9-13-21(37)14-10-20)40-34(43)30-28-23-5-1-2-6-24(23)29(31(30)35(40)44)26-8-4-3-7-25(26)28/h1-16,27-31H,17-18H2/t27-,28?,29?,30+,31+/m0/s1. The first kappa shape index (κ1) is 28.4. The van der Waals surface area contributed by atoms with E-state index in [1.54, 1.807) is 0 Å². The molecule has 1 aliphatic heterocycles. The van der Waals surface area contributed by atoms with Crippen LogP contribution in [-0.2, 0) is 9.59 Å². The molecule has 2 bridgehead atoms. The van der Waals surface area contributed by atoms with E-state index in [1.807, 2.05) is 48.5 Å². The van der Waals surface area contributed by atoms with Gasteiger partial charge in [-0.3, -0.25) is 19.2 Å². The van der Waals surface area contributed by atoms with Crippen LogP contribution in [0.3, 0.4) is 0 Å². The molecule has 4 aromatic carbocycles. The summed E-state index contributed by atoms with van der Waals surface area (Å²) in [5.74, 6) is -5.31. The SMILES string of the molecule is O=C(c1ccc(F)cc1)[C@H](CCCl)N(C(=O)c1ccc(Cl)cc1)N1C(=O)[C@@H]2C3c4ccccc4C(c4ccccc43)[C@H]2C1=O. The number of benzene rings is 4. The third-order valence-electron chi connectivity index (χ3n) is 9.05. The zero-order chi connectivity index (χ0) is 30.7. The largest absolute Gasteiger partial charge is 0.292 e. The van der Waals surface area contributed by atoms with E-state index in [1.165, 1.54) is 36.4 Å². The van der Waals surface area contributed by atoms with Gasteiger partial charge in [-0.1, -0.05) is 60.1 Å². The Morgan fingerprint density at radius 2 is 1.18 bits per heavy atom. The highest BCUT2D eigenvalue weighted by Crippen LogP contribution is 2.61. The number of rotatable bonds is 7. The van der Waals surface area contributed by atoms with Gasteiger partial charge in [-0.15, -0.1) is 11.6 Å². The highest BCUT2D eigenvalue weighted by Gasteiger charge is 2.63. The number of ketones is 1. The van der Waals surface area contributed by atoms with Gasteiger partial charge in [-0.2, -0.15) is 5.01 Å². The Morgan fingerprint density at radius 1 is 0.727 bits per heavy atom. The summed E-state index contributed by atoms with van der Waals surface area (Å²) in [6, 6.07) is 25.2. The molecule has 9 heteroatoms. The molecule has 0 aromatic heterocycles. The monoisotopic (exact) mass is 626 g/mol. The lowest BCUT2D eigenvalue weighted by atomic mass is 9.55. The number of carbonyl (C=O) groups excluding carboxylic acids is 4. The van der Waals surface area contributed by atoms with Crippen LogP contribution in [0.25, 0.3) is 0 Å². The Bertz CT molecular complexity index is 1710. The summed E-state index contributed by atoms with van der Waals surface area (Å²) in [6.45, 7) is 0. The molecule has 0 radical (unpaired) electrons. The van der Waals surface area contributed by atoms with Crippen LogP contribution in [0.15, 0.2) is 97.1 Å². The minimum Gasteiger partial charge on any atom is -0.292 e. The average Bonchev–Trinajstić information content (AvgIpc) is 3.31. The maximum atomic E-state index is 14.6. The van der Waals surface area contributed by atoms with Crippen molar-refractivity contribution in [2.45, 2.75) is 24.3 Å². The van der Waals surface area contributed by atoms with Crippen molar-refractivity contribution >= 4 is 46.7 Å². The summed E-state index contributed by atoms with van der Waals surface area (Å²) in [4.78, 5) is 57.6. The molecule has 4 aromatic rings. The molecule has 0 unspecified atom stereocenters. The smallest absolute Gasteiger partial charge is 0.273 e. The van der Waals surface area contributed by atoms with Crippen LogP contribution in [0.1, 0.15) is 61.2 Å². The van der Waals surface area contributed by atoms with E-state index in [4.69, 9.17) is 23.2 Å². The number of Topliss-reactive ketones (excluding diaryl/α,β-unsaturated/α-hetero) is 1. The molecule has 8 rings (SSSR count). The van der Waals surface area contributed by atoms with Crippen molar-refractivity contribution in [1.82, 2.24) is 10.0 Å². The summed E-state index contributed by atoms with van der Waals surface area (Å²) in [5, 5.41) is 2.26. The zero-order valence-corrected chi connectivity index (χ0v) is 24.7. The fourth-order valence-electron chi connectivity index (χ4n) is 7.24. The van der Waals surface area contributed by atoms with Gasteiger partial charge in [0.25, 0.3) is 17.7 Å². The van der Waals surface area contributed by atoms with E-state index >= 15 is 0 Å². The number of hydrazine groups is 1. The lowest BCUT2D eigenvalue weighted by molar-refractivity contribution is -0.156. The molecule has 3 aliphatic carbocycles. The van der Waals surface area contributed by atoms with Crippen molar-refractivity contribution in [3.63, 3.8) is 0 Å². The Balaban J connectivity index is 1.38. The molecule has 0 spiro atoms. The van der Waals surface area contributed by atoms with Crippen molar-refractivity contribution < 1.29 is 23.6 Å². The van der Waals surface area contributed by atoms with Gasteiger partial charge in [0.15, 0.2) is 5.78 Å². The third-order valence-corrected chi connectivity index (χ3v) is 9.52. The molecular weight excluding hydrogens is 602 g/mol. The van der Waals surface area contributed by atoms with Crippen molar-refractivity contribution in [1.29, 1.82) is 0 Å². The maximum absolute atomic E-state index is 14.6. The fraction of sp³-hybridized carbons (Fsp3) is 0.200. The molecule has 44 heavy (non-hydrogen) atoms. The lowest BCUT2D eigenvalue weighted by Crippen LogP contribution is -2.57. The van der Waals surface area contributed by atoms with E-state index in [0.29, 0.717) is 5.02 Å². The first-order valence-electron chi connectivity index (χ1n) is 14.3. The highest BCUT2D eigenvalue weighted by atomic mass is 35.5. The molecule has 1 saturated heterocycles. The molecule has 4 aliphatic rings. The molecule has 6 nitrogen and oxygen atoms in total. The van der Waals surface area contributed by atoms with E-state index in [9.17, 15) is 23.6 Å². The molecule has 0 saturated carbocycles. The van der Waals surface area contributed by atoms with Gasteiger partial charge in [0.1, 0.15) is 11.9 Å².